The lowest BCUT2D eigenvalue weighted by Gasteiger charge is -2.33. The minimum Gasteiger partial charge on any atom is -0.393 e. The fourth-order valence-corrected chi connectivity index (χ4v) is 5.04. The van der Waals surface area contributed by atoms with Gasteiger partial charge in [-0.15, -0.1) is 5.10 Å². The molecule has 0 unspecified atom stereocenters. The molecule has 0 spiro atoms. The van der Waals surface area contributed by atoms with E-state index in [0.717, 1.165) is 19.3 Å². The Hall–Kier alpha value is -2.38. The molecular formula is C19H27ClN9O9P. The maximum absolute atomic E-state index is 12.3. The second kappa shape index (κ2) is 11.2. The molecule has 5 atom stereocenters. The van der Waals surface area contributed by atoms with Gasteiger partial charge in [-0.1, -0.05) is 0 Å². The molecule has 7 N–H and O–H groups in total. The predicted octanol–water partition coefficient (Wildman–Crippen LogP) is -1.32. The number of nitrogens with zero attached hydrogens (tertiary/aromatic N) is 7. The molecule has 0 aromatic carbocycles. The molecule has 0 radical (unpaired) electrons. The molecule has 1 aliphatic carbocycles. The van der Waals surface area contributed by atoms with E-state index in [1.54, 1.807) is 0 Å². The summed E-state index contributed by atoms with van der Waals surface area (Å²) in [5.41, 5.74) is 0.241. The first-order valence-electron chi connectivity index (χ1n) is 11.9. The zero-order chi connectivity index (χ0) is 27.8. The molecule has 4 heterocycles. The quantitative estimate of drug-likeness (QED) is 0.0951. The first-order valence-corrected chi connectivity index (χ1v) is 13.9. The van der Waals surface area contributed by atoms with Gasteiger partial charge in [0.1, 0.15) is 30.7 Å². The summed E-state index contributed by atoms with van der Waals surface area (Å²) in [5.74, 6) is 0.652. The number of fused-ring (bicyclic) bond motifs is 1. The first-order chi connectivity index (χ1) is 18.6. The maximum Gasteiger partial charge on any atom is 0.361 e. The van der Waals surface area contributed by atoms with Crippen LogP contribution in [0.2, 0.25) is 5.28 Å². The van der Waals surface area contributed by atoms with Gasteiger partial charge in [0.05, 0.1) is 31.4 Å². The minimum absolute atomic E-state index is 0.0607. The third-order valence-electron chi connectivity index (χ3n) is 6.70. The van der Waals surface area contributed by atoms with Crippen molar-refractivity contribution >= 4 is 36.0 Å². The van der Waals surface area contributed by atoms with Crippen molar-refractivity contribution in [1.82, 2.24) is 40.4 Å². The van der Waals surface area contributed by atoms with E-state index < -0.39 is 57.3 Å². The molecule has 2 aliphatic rings. The van der Waals surface area contributed by atoms with E-state index in [9.17, 15) is 29.7 Å². The van der Waals surface area contributed by atoms with Gasteiger partial charge in [0, 0.05) is 6.04 Å². The van der Waals surface area contributed by atoms with E-state index in [1.807, 2.05) is 0 Å². The molecule has 3 aromatic rings. The van der Waals surface area contributed by atoms with E-state index in [2.05, 4.69) is 41.0 Å². The predicted molar refractivity (Wildman–Crippen MR) is 129 cm³/mol. The number of aromatic amines is 1. The van der Waals surface area contributed by atoms with Crippen molar-refractivity contribution in [1.29, 1.82) is 0 Å². The summed E-state index contributed by atoms with van der Waals surface area (Å²) in [7, 11) is -5.14. The van der Waals surface area contributed by atoms with Crippen molar-refractivity contribution in [3.63, 3.8) is 0 Å². The van der Waals surface area contributed by atoms with Crippen molar-refractivity contribution < 1.29 is 43.9 Å². The number of halogens is 1. The molecule has 2 fully saturated rings. The van der Waals surface area contributed by atoms with Crippen LogP contribution in [0.4, 0.5) is 5.82 Å². The number of aliphatic hydroxyl groups is 3. The molecule has 1 saturated heterocycles. The van der Waals surface area contributed by atoms with E-state index in [0.29, 0.717) is 11.2 Å². The molecule has 1 saturated carbocycles. The van der Waals surface area contributed by atoms with Crippen LogP contribution < -0.4 is 5.32 Å². The van der Waals surface area contributed by atoms with Crippen LogP contribution >= 0.6 is 19.2 Å². The summed E-state index contributed by atoms with van der Waals surface area (Å²) in [6, 6.07) is 0.247. The Morgan fingerprint density at radius 3 is 2.72 bits per heavy atom. The number of tetrazole rings is 1. The number of ether oxygens (including phenoxy) is 3. The fraction of sp³-hybridized carbons (Fsp3) is 0.684. The van der Waals surface area contributed by atoms with Crippen LogP contribution in [0.3, 0.4) is 0 Å². The molecule has 18 nitrogen and oxygen atoms in total. The zero-order valence-corrected chi connectivity index (χ0v) is 21.9. The number of hydrogen-bond acceptors (Lipinski definition) is 14. The van der Waals surface area contributed by atoms with Gasteiger partial charge in [0.15, 0.2) is 17.7 Å². The van der Waals surface area contributed by atoms with Gasteiger partial charge in [-0.2, -0.15) is 15.1 Å². The van der Waals surface area contributed by atoms with Gasteiger partial charge in [-0.3, -0.25) is 4.57 Å². The Morgan fingerprint density at radius 2 is 2.08 bits per heavy atom. The molecule has 214 valence electrons. The number of rotatable bonds is 12. The highest BCUT2D eigenvalue weighted by atomic mass is 35.5. The number of hydrogen-bond donors (Lipinski definition) is 7. The lowest BCUT2D eigenvalue weighted by Crippen LogP contribution is -2.45. The number of aromatic nitrogens is 8. The first kappa shape index (κ1) is 28.2. The van der Waals surface area contributed by atoms with Crippen LogP contribution in [0, 0.1) is 0 Å². The number of nitrogens with one attached hydrogen (secondary N) is 2. The van der Waals surface area contributed by atoms with E-state index in [-0.39, 0.29) is 29.4 Å². The summed E-state index contributed by atoms with van der Waals surface area (Å²) >= 11 is 6.13. The monoisotopic (exact) mass is 591 g/mol. The summed E-state index contributed by atoms with van der Waals surface area (Å²) in [6.45, 7) is -2.76. The van der Waals surface area contributed by atoms with E-state index >= 15 is 0 Å². The van der Waals surface area contributed by atoms with Crippen molar-refractivity contribution in [3.05, 3.63) is 17.3 Å². The Balaban J connectivity index is 1.31. The Labute approximate surface area is 224 Å². The molecule has 0 bridgehead atoms. The summed E-state index contributed by atoms with van der Waals surface area (Å²) in [4.78, 5) is 28.3. The average Bonchev–Trinajstić information content (AvgIpc) is 3.59. The maximum atomic E-state index is 12.3. The molecule has 1 aliphatic heterocycles. The third kappa shape index (κ3) is 5.62. The third-order valence-corrected chi connectivity index (χ3v) is 8.33. The van der Waals surface area contributed by atoms with Crippen molar-refractivity contribution in [3.8, 4) is 0 Å². The number of H-pyrrole nitrogens is 1. The van der Waals surface area contributed by atoms with Crippen LogP contribution in [-0.4, -0.2) is 115 Å². The average molecular weight is 592 g/mol. The highest BCUT2D eigenvalue weighted by molar-refractivity contribution is 7.53. The Bertz CT molecular complexity index is 1320. The lowest BCUT2D eigenvalue weighted by molar-refractivity contribution is -0.131. The van der Waals surface area contributed by atoms with Crippen LogP contribution in [0.15, 0.2) is 6.20 Å². The topological polar surface area (TPSA) is 256 Å². The summed E-state index contributed by atoms with van der Waals surface area (Å²) in [5, 5.41) is 49.5. The smallest absolute Gasteiger partial charge is 0.361 e. The largest absolute Gasteiger partial charge is 0.393 e. The van der Waals surface area contributed by atoms with Gasteiger partial charge in [-0.05, 0) is 41.3 Å². The highest BCUT2D eigenvalue weighted by Crippen LogP contribution is 2.51. The highest BCUT2D eigenvalue weighted by Gasteiger charge is 2.51. The van der Waals surface area contributed by atoms with Crippen molar-refractivity contribution in [2.45, 2.75) is 61.8 Å². The second-order valence-corrected chi connectivity index (χ2v) is 11.5. The van der Waals surface area contributed by atoms with Gasteiger partial charge < -0.3 is 44.6 Å². The van der Waals surface area contributed by atoms with Gasteiger partial charge in [-0.25, -0.2) is 9.78 Å². The molecule has 39 heavy (non-hydrogen) atoms. The standard InChI is InChI=1S/C19H27ClN9O9P/c20-18-23-15(22-9-2-1-3-9)10-4-21-29(16(10)24-18)17-14(32)13(31)11(38-17)5-37-19(7-30,39(33,34)35)8-36-6-12-25-27-28-26-12/h4,9,11,13-14,17,30-32H,1-3,5-8H2,(H,22,23,24)(H2,33,34,35)(H,25,26,27,28)/t11-,13-,14-,17-,19+/m1/s1. The molecule has 3 aromatic heterocycles. The normalized spacial score (nSPS) is 25.6. The fourth-order valence-electron chi connectivity index (χ4n) is 4.19. The van der Waals surface area contributed by atoms with Gasteiger partial charge in [0.25, 0.3) is 0 Å². The lowest BCUT2D eigenvalue weighted by atomic mass is 9.93. The second-order valence-electron chi connectivity index (χ2n) is 9.29. The van der Waals surface area contributed by atoms with Crippen LogP contribution in [-0.2, 0) is 25.4 Å². The summed E-state index contributed by atoms with van der Waals surface area (Å²) in [6.07, 6.45) is -1.03. The van der Waals surface area contributed by atoms with Gasteiger partial charge in [0.2, 0.25) is 10.6 Å². The van der Waals surface area contributed by atoms with Gasteiger partial charge >= 0.3 is 7.60 Å². The Kier molecular flexibility index (Phi) is 8.12. The Morgan fingerprint density at radius 1 is 1.28 bits per heavy atom. The SMILES string of the molecule is O=P(O)(O)[C@@](CO)(COCc1nnn[nH]1)OC[C@H]1O[C@@H](n2ncc3c(NC4CCC4)nc(Cl)nc32)[C@H](O)[C@@H]1O. The molecule has 5 rings (SSSR count). The zero-order valence-electron chi connectivity index (χ0n) is 20.2. The van der Waals surface area contributed by atoms with Crippen molar-refractivity contribution in [2.24, 2.45) is 0 Å². The molecule has 0 amide bonds. The number of aliphatic hydroxyl groups excluding tert-OH is 3. The molecular weight excluding hydrogens is 565 g/mol. The van der Waals surface area contributed by atoms with Crippen molar-refractivity contribution in [2.75, 3.05) is 25.1 Å². The van der Waals surface area contributed by atoms with E-state index in [1.165, 1.54) is 10.9 Å². The van der Waals surface area contributed by atoms with Crippen LogP contribution in [0.5, 0.6) is 0 Å². The van der Waals surface area contributed by atoms with Crippen LogP contribution in [0.1, 0.15) is 31.3 Å². The summed E-state index contributed by atoms with van der Waals surface area (Å²) < 4.78 is 30.0. The van der Waals surface area contributed by atoms with E-state index in [4.69, 9.17) is 25.8 Å². The number of anilines is 1. The molecule has 20 heteroatoms. The minimum atomic E-state index is -5.14. The van der Waals surface area contributed by atoms with Crippen LogP contribution in [0.25, 0.3) is 11.0 Å².